The number of rotatable bonds is 6. The normalized spacial score (nSPS) is 28.0. The Kier molecular flexibility index (Phi) is 5.32. The molecular formula is C19H24BN3O8. The maximum Gasteiger partial charge on any atom is 0.476 e. The number of hydrogen-bond donors (Lipinski definition) is 6. The second-order valence-electron chi connectivity index (χ2n) is 8.37. The molecule has 0 aromatic heterocycles. The maximum absolute atomic E-state index is 13.3. The zero-order chi connectivity index (χ0) is 22.5. The van der Waals surface area contributed by atoms with E-state index in [1.165, 1.54) is 19.2 Å². The first-order valence-electron chi connectivity index (χ1n) is 10.1. The van der Waals surface area contributed by atoms with Gasteiger partial charge in [-0.05, 0) is 43.7 Å². The number of aromatic hydroxyl groups is 1. The number of amides is 3. The summed E-state index contributed by atoms with van der Waals surface area (Å²) in [4.78, 5) is 38.4. The van der Waals surface area contributed by atoms with Crippen molar-refractivity contribution >= 4 is 25.0 Å². The smallest absolute Gasteiger partial charge is 0.476 e. The molecular weight excluding hydrogens is 409 g/mol. The van der Waals surface area contributed by atoms with Crippen LogP contribution in [-0.4, -0.2) is 80.9 Å². The van der Waals surface area contributed by atoms with Gasteiger partial charge in [-0.25, -0.2) is 9.59 Å². The summed E-state index contributed by atoms with van der Waals surface area (Å²) in [5, 5.41) is 46.0. The Hall–Kier alpha value is -2.83. The van der Waals surface area contributed by atoms with Gasteiger partial charge in [0.1, 0.15) is 22.6 Å². The van der Waals surface area contributed by atoms with Gasteiger partial charge in [-0.2, -0.15) is 0 Å². The zero-order valence-corrected chi connectivity index (χ0v) is 16.9. The highest BCUT2D eigenvalue weighted by Crippen LogP contribution is 2.39. The number of nitrogens with zero attached hydrogens (tertiary/aromatic N) is 1. The number of benzene rings is 1. The molecule has 166 valence electrons. The van der Waals surface area contributed by atoms with E-state index in [0.717, 1.165) is 17.7 Å². The van der Waals surface area contributed by atoms with Crippen molar-refractivity contribution in [3.05, 3.63) is 23.3 Å². The van der Waals surface area contributed by atoms with Crippen LogP contribution in [0, 0.1) is 0 Å². The van der Waals surface area contributed by atoms with Crippen LogP contribution in [0.2, 0.25) is 0 Å². The Morgan fingerprint density at radius 2 is 1.94 bits per heavy atom. The third-order valence-corrected chi connectivity index (χ3v) is 6.48. The average Bonchev–Trinajstić information content (AvgIpc) is 3.16. The minimum absolute atomic E-state index is 0.0308. The standard InChI is InChI=1S/C19H24BN3O8/c1-31-12-5-2-9(15(24)14(12)16(25)26)6-13(20(29)30)23-17(27)19(22-18(23)28)7-10-3-4-11(8-19)21-10/h2,5,10-11,13,21,24,29-30H,3-4,6-8H2,1H3,(H,22,28)(H,25,26)/t10-,11+,13-,19?/m0/s1. The van der Waals surface area contributed by atoms with E-state index < -0.39 is 47.8 Å². The Morgan fingerprint density at radius 1 is 1.29 bits per heavy atom. The molecule has 12 heteroatoms. The van der Waals surface area contributed by atoms with Crippen molar-refractivity contribution in [2.75, 3.05) is 7.11 Å². The van der Waals surface area contributed by atoms with Crippen molar-refractivity contribution < 1.29 is 39.4 Å². The van der Waals surface area contributed by atoms with Crippen molar-refractivity contribution in [1.82, 2.24) is 15.5 Å². The SMILES string of the molecule is COc1ccc(C[C@@H](B(O)O)N2C(=O)NC3(C[C@H]4CC[C@@H](C3)N4)C2=O)c(O)c1C(=O)O. The molecule has 4 atom stereocenters. The highest BCUT2D eigenvalue weighted by molar-refractivity contribution is 6.44. The van der Waals surface area contributed by atoms with E-state index in [1.54, 1.807) is 0 Å². The minimum Gasteiger partial charge on any atom is -0.507 e. The van der Waals surface area contributed by atoms with Gasteiger partial charge in [-0.15, -0.1) is 0 Å². The monoisotopic (exact) mass is 433 g/mol. The number of urea groups is 1. The summed E-state index contributed by atoms with van der Waals surface area (Å²) in [6.07, 6.45) is 2.28. The Morgan fingerprint density at radius 3 is 2.48 bits per heavy atom. The minimum atomic E-state index is -2.10. The predicted octanol–water partition coefficient (Wildman–Crippen LogP) is -0.773. The van der Waals surface area contributed by atoms with Crippen molar-refractivity contribution in [3.63, 3.8) is 0 Å². The molecule has 1 aromatic rings. The number of ether oxygens (including phenoxy) is 1. The lowest BCUT2D eigenvalue weighted by molar-refractivity contribution is -0.133. The van der Waals surface area contributed by atoms with Crippen molar-refractivity contribution in [3.8, 4) is 11.5 Å². The van der Waals surface area contributed by atoms with Gasteiger partial charge in [-0.3, -0.25) is 9.69 Å². The maximum atomic E-state index is 13.3. The molecule has 1 unspecified atom stereocenters. The van der Waals surface area contributed by atoms with E-state index in [1.807, 2.05) is 0 Å². The van der Waals surface area contributed by atoms with Gasteiger partial charge in [0.2, 0.25) is 0 Å². The van der Waals surface area contributed by atoms with E-state index in [2.05, 4.69) is 10.6 Å². The van der Waals surface area contributed by atoms with Gasteiger partial charge in [0.05, 0.1) is 13.1 Å². The number of nitrogens with one attached hydrogen (secondary N) is 2. The average molecular weight is 433 g/mol. The van der Waals surface area contributed by atoms with Crippen LogP contribution >= 0.6 is 0 Å². The van der Waals surface area contributed by atoms with Crippen LogP contribution in [0.3, 0.4) is 0 Å². The first-order valence-corrected chi connectivity index (χ1v) is 10.1. The molecule has 3 aliphatic heterocycles. The highest BCUT2D eigenvalue weighted by Gasteiger charge is 2.58. The summed E-state index contributed by atoms with van der Waals surface area (Å²) < 4.78 is 4.96. The van der Waals surface area contributed by atoms with Crippen LogP contribution in [0.5, 0.6) is 11.5 Å². The van der Waals surface area contributed by atoms with E-state index in [0.29, 0.717) is 12.8 Å². The Bertz CT molecular complexity index is 927. The number of aromatic carboxylic acids is 1. The summed E-state index contributed by atoms with van der Waals surface area (Å²) in [5.41, 5.74) is -1.56. The molecule has 11 nitrogen and oxygen atoms in total. The summed E-state index contributed by atoms with van der Waals surface area (Å²) in [6.45, 7) is 0. The molecule has 31 heavy (non-hydrogen) atoms. The zero-order valence-electron chi connectivity index (χ0n) is 16.9. The van der Waals surface area contributed by atoms with E-state index in [9.17, 15) is 34.6 Å². The molecule has 3 amide bonds. The number of carbonyl (C=O) groups is 3. The van der Waals surface area contributed by atoms with Crippen LogP contribution < -0.4 is 15.4 Å². The third-order valence-electron chi connectivity index (χ3n) is 6.48. The quantitative estimate of drug-likeness (QED) is 0.249. The number of carboxylic acid groups (broad SMARTS) is 1. The predicted molar refractivity (Wildman–Crippen MR) is 107 cm³/mol. The van der Waals surface area contributed by atoms with Crippen molar-refractivity contribution in [1.29, 1.82) is 0 Å². The van der Waals surface area contributed by atoms with Gasteiger partial charge in [-0.1, -0.05) is 6.07 Å². The Labute approximate surface area is 178 Å². The van der Waals surface area contributed by atoms with E-state index >= 15 is 0 Å². The van der Waals surface area contributed by atoms with E-state index in [4.69, 9.17) is 4.74 Å². The number of hydrogen-bond acceptors (Lipinski definition) is 8. The third kappa shape index (κ3) is 3.50. The van der Waals surface area contributed by atoms with Crippen molar-refractivity contribution in [2.45, 2.75) is 55.7 Å². The van der Waals surface area contributed by atoms with Crippen LogP contribution in [0.25, 0.3) is 0 Å². The molecule has 0 aliphatic carbocycles. The van der Waals surface area contributed by atoms with Gasteiger partial charge in [0.25, 0.3) is 5.91 Å². The van der Waals surface area contributed by atoms with Crippen LogP contribution in [-0.2, 0) is 11.2 Å². The lowest BCUT2D eigenvalue weighted by Gasteiger charge is -2.36. The fraction of sp³-hybridized carbons (Fsp3) is 0.526. The topological polar surface area (TPSA) is 169 Å². The molecule has 1 spiro atoms. The molecule has 2 bridgehead atoms. The van der Waals surface area contributed by atoms with Gasteiger partial charge in [0.15, 0.2) is 0 Å². The summed E-state index contributed by atoms with van der Waals surface area (Å²) in [5.74, 6) is -4.09. The second-order valence-corrected chi connectivity index (χ2v) is 8.37. The first-order chi connectivity index (χ1) is 14.7. The fourth-order valence-corrected chi connectivity index (χ4v) is 5.08. The molecule has 0 radical (unpaired) electrons. The van der Waals surface area contributed by atoms with Crippen LogP contribution in [0.15, 0.2) is 12.1 Å². The molecule has 3 saturated heterocycles. The Balaban J connectivity index is 1.64. The highest BCUT2D eigenvalue weighted by atomic mass is 16.5. The molecule has 3 aliphatic rings. The number of imide groups is 1. The number of carboxylic acids is 1. The first kappa shape index (κ1) is 21.4. The molecule has 4 rings (SSSR count). The molecule has 6 N–H and O–H groups in total. The van der Waals surface area contributed by atoms with Crippen LogP contribution in [0.4, 0.5) is 4.79 Å². The van der Waals surface area contributed by atoms with Crippen molar-refractivity contribution in [2.24, 2.45) is 0 Å². The summed E-state index contributed by atoms with van der Waals surface area (Å²) in [6, 6.07) is 2.14. The number of fused-ring (bicyclic) bond motifs is 2. The number of methoxy groups -OCH3 is 1. The second kappa shape index (κ2) is 7.70. The largest absolute Gasteiger partial charge is 0.507 e. The van der Waals surface area contributed by atoms with Crippen LogP contribution in [0.1, 0.15) is 41.6 Å². The number of phenols is 1. The van der Waals surface area contributed by atoms with Gasteiger partial charge in [0, 0.05) is 12.1 Å². The lowest BCUT2D eigenvalue weighted by atomic mass is 9.73. The molecule has 3 fully saturated rings. The fourth-order valence-electron chi connectivity index (χ4n) is 5.08. The van der Waals surface area contributed by atoms with E-state index in [-0.39, 0.29) is 29.8 Å². The summed E-state index contributed by atoms with van der Waals surface area (Å²) >= 11 is 0. The summed E-state index contributed by atoms with van der Waals surface area (Å²) in [7, 11) is -0.849. The molecule has 3 heterocycles. The number of carbonyl (C=O) groups excluding carboxylic acids is 2. The molecule has 0 saturated carbocycles. The lowest BCUT2D eigenvalue weighted by Crippen LogP contribution is -2.58. The molecule has 1 aromatic carbocycles. The van der Waals surface area contributed by atoms with Gasteiger partial charge < -0.3 is 35.6 Å². The number of piperidine rings is 1. The van der Waals surface area contributed by atoms with Gasteiger partial charge >= 0.3 is 19.1 Å².